The molecule has 0 amide bonds. The van der Waals surface area contributed by atoms with E-state index in [0.29, 0.717) is 17.8 Å². The summed E-state index contributed by atoms with van der Waals surface area (Å²) >= 11 is 6.01. The van der Waals surface area contributed by atoms with E-state index < -0.39 is 0 Å². The molecule has 1 nitrogen and oxygen atoms in total. The summed E-state index contributed by atoms with van der Waals surface area (Å²) in [6.07, 6.45) is 1.00. The average molecular weight is 180 g/mol. The molecule has 0 aromatic rings. The third-order valence-electron chi connectivity index (χ3n) is 2.29. The number of alkyl halides is 2. The highest BCUT2D eigenvalue weighted by Gasteiger charge is 2.23. The molecule has 0 saturated carbocycles. The largest absolute Gasteiger partial charge is 0.300 e. The van der Waals surface area contributed by atoms with Gasteiger partial charge in [0.2, 0.25) is 0 Å². The fourth-order valence-corrected chi connectivity index (χ4v) is 1.70. The molecule has 0 spiro atoms. The highest BCUT2D eigenvalue weighted by molar-refractivity contribution is 6.20. The Morgan fingerprint density at radius 1 is 1.64 bits per heavy atom. The van der Waals surface area contributed by atoms with Crippen LogP contribution >= 0.6 is 11.6 Å². The smallest absolute Gasteiger partial charge is 0.102 e. The van der Waals surface area contributed by atoms with Gasteiger partial charge in [-0.25, -0.2) is 4.39 Å². The minimum absolute atomic E-state index is 0.236. The van der Waals surface area contributed by atoms with Crippen molar-refractivity contribution in [2.45, 2.75) is 18.7 Å². The van der Waals surface area contributed by atoms with Gasteiger partial charge in [0.1, 0.15) is 6.67 Å². The summed E-state index contributed by atoms with van der Waals surface area (Å²) in [5, 5.41) is 0.297. The Labute approximate surface area is 72.5 Å². The molecule has 0 aromatic carbocycles. The van der Waals surface area contributed by atoms with Gasteiger partial charge in [0, 0.05) is 18.5 Å². The van der Waals surface area contributed by atoms with Crippen molar-refractivity contribution in [1.29, 1.82) is 0 Å². The van der Waals surface area contributed by atoms with E-state index in [2.05, 4.69) is 11.8 Å². The number of piperidine rings is 1. The van der Waals surface area contributed by atoms with E-state index in [4.69, 9.17) is 11.6 Å². The first-order valence-electron chi connectivity index (χ1n) is 4.16. The minimum Gasteiger partial charge on any atom is -0.300 e. The number of halogens is 2. The lowest BCUT2D eigenvalue weighted by Gasteiger charge is -2.33. The Kier molecular flexibility index (Phi) is 3.60. The summed E-state index contributed by atoms with van der Waals surface area (Å²) in [7, 11) is 0. The highest BCUT2D eigenvalue weighted by Crippen LogP contribution is 2.21. The van der Waals surface area contributed by atoms with E-state index in [1.54, 1.807) is 0 Å². The topological polar surface area (TPSA) is 3.24 Å². The van der Waals surface area contributed by atoms with E-state index in [1.807, 2.05) is 0 Å². The SMILES string of the molecule is CC1CN(CCF)CCC1Cl. The Balaban J connectivity index is 2.28. The maximum Gasteiger partial charge on any atom is 0.102 e. The molecule has 2 unspecified atom stereocenters. The summed E-state index contributed by atoms with van der Waals surface area (Å²) in [5.41, 5.74) is 0. The van der Waals surface area contributed by atoms with Crippen LogP contribution in [-0.2, 0) is 0 Å². The van der Waals surface area contributed by atoms with Crippen LogP contribution in [0.5, 0.6) is 0 Å². The Hall–Kier alpha value is 0.180. The zero-order chi connectivity index (χ0) is 8.27. The number of hydrogen-bond donors (Lipinski definition) is 0. The summed E-state index contributed by atoms with van der Waals surface area (Å²) in [5.74, 6) is 0.511. The normalized spacial score (nSPS) is 34.1. The van der Waals surface area contributed by atoms with Crippen LogP contribution in [0.1, 0.15) is 13.3 Å². The van der Waals surface area contributed by atoms with Crippen LogP contribution in [0.2, 0.25) is 0 Å². The number of likely N-dealkylation sites (tertiary alicyclic amines) is 1. The Morgan fingerprint density at radius 3 is 2.91 bits per heavy atom. The van der Waals surface area contributed by atoms with Gasteiger partial charge in [-0.2, -0.15) is 0 Å². The van der Waals surface area contributed by atoms with Crippen LogP contribution in [0.25, 0.3) is 0 Å². The van der Waals surface area contributed by atoms with Gasteiger partial charge in [-0.1, -0.05) is 6.92 Å². The molecule has 0 aromatic heterocycles. The standard InChI is InChI=1S/C8H15ClFN/c1-7-6-11(5-3-10)4-2-8(7)9/h7-8H,2-6H2,1H3. The molecule has 1 rings (SSSR count). The van der Waals surface area contributed by atoms with Gasteiger partial charge in [0.25, 0.3) is 0 Å². The summed E-state index contributed by atoms with van der Waals surface area (Å²) < 4.78 is 11.9. The van der Waals surface area contributed by atoms with Crippen molar-refractivity contribution in [1.82, 2.24) is 4.90 Å². The predicted octanol–water partition coefficient (Wildman–Crippen LogP) is 1.91. The molecule has 1 saturated heterocycles. The minimum atomic E-state index is -0.236. The first-order chi connectivity index (χ1) is 5.24. The maximum atomic E-state index is 11.9. The van der Waals surface area contributed by atoms with Crippen LogP contribution < -0.4 is 0 Å². The lowest BCUT2D eigenvalue weighted by atomic mass is 10.00. The molecular formula is C8H15ClFN. The van der Waals surface area contributed by atoms with Crippen molar-refractivity contribution in [2.24, 2.45) is 5.92 Å². The first-order valence-corrected chi connectivity index (χ1v) is 4.60. The van der Waals surface area contributed by atoms with Gasteiger partial charge in [-0.3, -0.25) is 0 Å². The zero-order valence-corrected chi connectivity index (χ0v) is 7.65. The second-order valence-electron chi connectivity index (χ2n) is 3.27. The van der Waals surface area contributed by atoms with Gasteiger partial charge in [-0.15, -0.1) is 11.6 Å². The fourth-order valence-electron chi connectivity index (χ4n) is 1.53. The second kappa shape index (κ2) is 4.27. The van der Waals surface area contributed by atoms with Gasteiger partial charge >= 0.3 is 0 Å². The molecule has 0 aliphatic carbocycles. The molecule has 0 bridgehead atoms. The van der Waals surface area contributed by atoms with Crippen LogP contribution in [-0.4, -0.2) is 36.6 Å². The third kappa shape index (κ3) is 2.60. The Morgan fingerprint density at radius 2 is 2.36 bits per heavy atom. The lowest BCUT2D eigenvalue weighted by Crippen LogP contribution is -2.40. The van der Waals surface area contributed by atoms with E-state index in [0.717, 1.165) is 19.5 Å². The van der Waals surface area contributed by atoms with Gasteiger partial charge in [0.05, 0.1) is 0 Å². The molecular weight excluding hydrogens is 165 g/mol. The van der Waals surface area contributed by atoms with Crippen LogP contribution in [0.4, 0.5) is 4.39 Å². The molecule has 2 atom stereocenters. The summed E-state index contributed by atoms with van der Waals surface area (Å²) in [6.45, 7) is 4.39. The molecule has 11 heavy (non-hydrogen) atoms. The van der Waals surface area contributed by atoms with Crippen molar-refractivity contribution in [3.05, 3.63) is 0 Å². The second-order valence-corrected chi connectivity index (χ2v) is 3.83. The van der Waals surface area contributed by atoms with Crippen molar-refractivity contribution >= 4 is 11.6 Å². The van der Waals surface area contributed by atoms with Gasteiger partial charge < -0.3 is 4.90 Å². The van der Waals surface area contributed by atoms with E-state index in [-0.39, 0.29) is 6.67 Å². The quantitative estimate of drug-likeness (QED) is 0.586. The van der Waals surface area contributed by atoms with Crippen LogP contribution in [0.15, 0.2) is 0 Å². The number of rotatable bonds is 2. The van der Waals surface area contributed by atoms with Crippen molar-refractivity contribution in [2.75, 3.05) is 26.3 Å². The van der Waals surface area contributed by atoms with Gasteiger partial charge in [-0.05, 0) is 18.9 Å². The average Bonchev–Trinajstić information content (AvgIpc) is 1.98. The third-order valence-corrected chi connectivity index (χ3v) is 2.93. The molecule has 66 valence electrons. The summed E-state index contributed by atoms with van der Waals surface area (Å²) in [4.78, 5) is 2.14. The van der Waals surface area contributed by atoms with E-state index >= 15 is 0 Å². The van der Waals surface area contributed by atoms with Crippen molar-refractivity contribution < 1.29 is 4.39 Å². The first kappa shape index (κ1) is 9.27. The molecule has 3 heteroatoms. The van der Waals surface area contributed by atoms with Gasteiger partial charge in [0.15, 0.2) is 0 Å². The van der Waals surface area contributed by atoms with E-state index in [9.17, 15) is 4.39 Å². The van der Waals surface area contributed by atoms with Crippen LogP contribution in [0, 0.1) is 5.92 Å². The zero-order valence-electron chi connectivity index (χ0n) is 6.89. The van der Waals surface area contributed by atoms with Crippen LogP contribution in [0.3, 0.4) is 0 Å². The number of hydrogen-bond acceptors (Lipinski definition) is 1. The molecule has 1 fully saturated rings. The van der Waals surface area contributed by atoms with Crippen molar-refractivity contribution in [3.8, 4) is 0 Å². The Bertz CT molecular complexity index is 121. The molecule has 1 aliphatic heterocycles. The highest BCUT2D eigenvalue weighted by atomic mass is 35.5. The van der Waals surface area contributed by atoms with E-state index in [1.165, 1.54) is 0 Å². The molecule has 1 aliphatic rings. The molecule has 1 heterocycles. The predicted molar refractivity (Wildman–Crippen MR) is 45.8 cm³/mol. The summed E-state index contributed by atoms with van der Waals surface area (Å²) in [6, 6.07) is 0. The fraction of sp³-hybridized carbons (Fsp3) is 1.00. The maximum absolute atomic E-state index is 11.9. The monoisotopic (exact) mass is 179 g/mol. The lowest BCUT2D eigenvalue weighted by molar-refractivity contribution is 0.175. The molecule has 0 radical (unpaired) electrons. The van der Waals surface area contributed by atoms with Crippen molar-refractivity contribution in [3.63, 3.8) is 0 Å². The number of nitrogens with zero attached hydrogens (tertiary/aromatic N) is 1. The molecule has 0 N–H and O–H groups in total.